The van der Waals surface area contributed by atoms with Crippen molar-refractivity contribution in [2.45, 2.75) is 57.3 Å². The average molecular weight is 201 g/mol. The zero-order valence-corrected chi connectivity index (χ0v) is 9.55. The summed E-state index contributed by atoms with van der Waals surface area (Å²) in [7, 11) is 1.78. The van der Waals surface area contributed by atoms with Gasteiger partial charge in [0, 0.05) is 13.2 Å². The van der Waals surface area contributed by atoms with Crippen molar-refractivity contribution >= 4 is 0 Å². The first-order valence-corrected chi connectivity index (χ1v) is 5.50. The maximum Gasteiger partial charge on any atom is 0.0603 e. The van der Waals surface area contributed by atoms with E-state index in [0.717, 1.165) is 25.8 Å². The maximum absolute atomic E-state index is 9.53. The van der Waals surface area contributed by atoms with E-state index >= 15 is 0 Å². The third kappa shape index (κ3) is 4.40. The zero-order valence-electron chi connectivity index (χ0n) is 9.55. The van der Waals surface area contributed by atoms with Gasteiger partial charge in [-0.15, -0.1) is 0 Å². The van der Waals surface area contributed by atoms with Gasteiger partial charge in [0.05, 0.1) is 11.7 Å². The molecule has 3 heteroatoms. The molecular weight excluding hydrogens is 178 g/mol. The Morgan fingerprint density at radius 1 is 1.43 bits per heavy atom. The van der Waals surface area contributed by atoms with E-state index < -0.39 is 5.60 Å². The summed E-state index contributed by atoms with van der Waals surface area (Å²) in [6, 6.07) is 0.585. The Labute approximate surface area is 86.8 Å². The lowest BCUT2D eigenvalue weighted by Gasteiger charge is -2.19. The van der Waals surface area contributed by atoms with E-state index in [4.69, 9.17) is 4.74 Å². The molecule has 0 heterocycles. The molecule has 2 atom stereocenters. The monoisotopic (exact) mass is 201 g/mol. The highest BCUT2D eigenvalue weighted by Crippen LogP contribution is 2.21. The number of aliphatic hydroxyl groups is 1. The molecule has 1 aliphatic rings. The van der Waals surface area contributed by atoms with Crippen LogP contribution < -0.4 is 5.32 Å². The smallest absolute Gasteiger partial charge is 0.0603 e. The van der Waals surface area contributed by atoms with Gasteiger partial charge in [-0.1, -0.05) is 0 Å². The van der Waals surface area contributed by atoms with Crippen LogP contribution in [0.2, 0.25) is 0 Å². The summed E-state index contributed by atoms with van der Waals surface area (Å²) in [6.07, 6.45) is 4.72. The highest BCUT2D eigenvalue weighted by Gasteiger charge is 2.24. The SMILES string of the molecule is COC1CCC(NCCC(C)(C)O)C1. The maximum atomic E-state index is 9.53. The van der Waals surface area contributed by atoms with Gasteiger partial charge in [0.1, 0.15) is 0 Å². The lowest BCUT2D eigenvalue weighted by molar-refractivity contribution is 0.0699. The zero-order chi connectivity index (χ0) is 10.6. The van der Waals surface area contributed by atoms with E-state index in [-0.39, 0.29) is 0 Å². The van der Waals surface area contributed by atoms with Crippen LogP contribution >= 0.6 is 0 Å². The van der Waals surface area contributed by atoms with Crippen molar-refractivity contribution in [2.75, 3.05) is 13.7 Å². The number of nitrogens with one attached hydrogen (secondary N) is 1. The molecule has 0 bridgehead atoms. The highest BCUT2D eigenvalue weighted by molar-refractivity contribution is 4.81. The molecule has 2 unspecified atom stereocenters. The molecule has 0 radical (unpaired) electrons. The molecule has 1 saturated carbocycles. The normalized spacial score (nSPS) is 28.3. The predicted octanol–water partition coefficient (Wildman–Crippen LogP) is 1.30. The van der Waals surface area contributed by atoms with Gasteiger partial charge in [0.25, 0.3) is 0 Å². The van der Waals surface area contributed by atoms with E-state index in [1.165, 1.54) is 6.42 Å². The van der Waals surface area contributed by atoms with Crippen molar-refractivity contribution in [3.8, 4) is 0 Å². The minimum Gasteiger partial charge on any atom is -0.390 e. The topological polar surface area (TPSA) is 41.5 Å². The quantitative estimate of drug-likeness (QED) is 0.704. The van der Waals surface area contributed by atoms with Crippen LogP contribution in [0.25, 0.3) is 0 Å². The van der Waals surface area contributed by atoms with Gasteiger partial charge in [-0.25, -0.2) is 0 Å². The molecule has 0 amide bonds. The third-order valence-corrected chi connectivity index (χ3v) is 2.89. The summed E-state index contributed by atoms with van der Waals surface area (Å²) >= 11 is 0. The molecule has 0 spiro atoms. The standard InChI is InChI=1S/C11H23NO2/c1-11(2,13)6-7-12-9-4-5-10(8-9)14-3/h9-10,12-13H,4-8H2,1-3H3. The lowest BCUT2D eigenvalue weighted by atomic mass is 10.1. The van der Waals surface area contributed by atoms with Gasteiger partial charge in [-0.3, -0.25) is 0 Å². The van der Waals surface area contributed by atoms with Crippen LogP contribution in [-0.2, 0) is 4.74 Å². The van der Waals surface area contributed by atoms with Gasteiger partial charge in [-0.05, 0) is 46.1 Å². The fraction of sp³-hybridized carbons (Fsp3) is 1.00. The molecule has 1 fully saturated rings. The van der Waals surface area contributed by atoms with Crippen molar-refractivity contribution in [2.24, 2.45) is 0 Å². The summed E-state index contributed by atoms with van der Waals surface area (Å²) in [4.78, 5) is 0. The fourth-order valence-corrected chi connectivity index (χ4v) is 1.92. The Kier molecular flexibility index (Phi) is 4.35. The minimum absolute atomic E-state index is 0.439. The van der Waals surface area contributed by atoms with Crippen LogP contribution in [0.4, 0.5) is 0 Å². The number of hydrogen-bond acceptors (Lipinski definition) is 3. The van der Waals surface area contributed by atoms with Crippen molar-refractivity contribution in [3.05, 3.63) is 0 Å². The summed E-state index contributed by atoms with van der Waals surface area (Å²) in [5.41, 5.74) is -0.549. The Hall–Kier alpha value is -0.120. The molecule has 1 aliphatic carbocycles. The summed E-state index contributed by atoms with van der Waals surface area (Å²) < 4.78 is 5.30. The van der Waals surface area contributed by atoms with Crippen molar-refractivity contribution < 1.29 is 9.84 Å². The van der Waals surface area contributed by atoms with Crippen LogP contribution in [0, 0.1) is 0 Å². The van der Waals surface area contributed by atoms with Gasteiger partial charge in [-0.2, -0.15) is 0 Å². The van der Waals surface area contributed by atoms with Gasteiger partial charge < -0.3 is 15.2 Å². The minimum atomic E-state index is -0.549. The number of methoxy groups -OCH3 is 1. The lowest BCUT2D eigenvalue weighted by Crippen LogP contribution is -2.32. The molecule has 0 saturated heterocycles. The third-order valence-electron chi connectivity index (χ3n) is 2.89. The Morgan fingerprint density at radius 3 is 2.64 bits per heavy atom. The highest BCUT2D eigenvalue weighted by atomic mass is 16.5. The second-order valence-electron chi connectivity index (χ2n) is 4.88. The molecule has 0 aromatic rings. The van der Waals surface area contributed by atoms with Crippen molar-refractivity contribution in [1.82, 2.24) is 5.32 Å². The first-order chi connectivity index (χ1) is 6.51. The molecule has 84 valence electrons. The van der Waals surface area contributed by atoms with E-state index in [1.54, 1.807) is 7.11 Å². The van der Waals surface area contributed by atoms with Gasteiger partial charge in [0.2, 0.25) is 0 Å². The number of ether oxygens (including phenoxy) is 1. The average Bonchev–Trinajstić information content (AvgIpc) is 2.50. The summed E-state index contributed by atoms with van der Waals surface area (Å²) in [6.45, 7) is 4.59. The van der Waals surface area contributed by atoms with E-state index in [9.17, 15) is 5.11 Å². The van der Waals surface area contributed by atoms with Crippen LogP contribution in [0.5, 0.6) is 0 Å². The summed E-state index contributed by atoms with van der Waals surface area (Å²) in [5.74, 6) is 0. The fourth-order valence-electron chi connectivity index (χ4n) is 1.92. The van der Waals surface area contributed by atoms with Crippen LogP contribution in [0.1, 0.15) is 39.5 Å². The van der Waals surface area contributed by atoms with Crippen LogP contribution in [0.3, 0.4) is 0 Å². The Balaban J connectivity index is 2.09. The molecule has 0 aromatic heterocycles. The van der Waals surface area contributed by atoms with Crippen LogP contribution in [0.15, 0.2) is 0 Å². The molecule has 0 aromatic carbocycles. The first-order valence-electron chi connectivity index (χ1n) is 5.50. The van der Waals surface area contributed by atoms with Gasteiger partial charge >= 0.3 is 0 Å². The molecular formula is C11H23NO2. The molecule has 1 rings (SSSR count). The number of hydrogen-bond donors (Lipinski definition) is 2. The van der Waals surface area contributed by atoms with Crippen molar-refractivity contribution in [1.29, 1.82) is 0 Å². The van der Waals surface area contributed by atoms with E-state index in [1.807, 2.05) is 13.8 Å². The first kappa shape index (κ1) is 12.0. The molecule has 3 nitrogen and oxygen atoms in total. The number of rotatable bonds is 5. The van der Waals surface area contributed by atoms with Crippen molar-refractivity contribution in [3.63, 3.8) is 0 Å². The second-order valence-corrected chi connectivity index (χ2v) is 4.88. The molecule has 0 aliphatic heterocycles. The van der Waals surface area contributed by atoms with E-state index in [2.05, 4.69) is 5.32 Å². The van der Waals surface area contributed by atoms with Gasteiger partial charge in [0.15, 0.2) is 0 Å². The largest absolute Gasteiger partial charge is 0.390 e. The Bertz CT molecular complexity index is 165. The second kappa shape index (κ2) is 5.10. The predicted molar refractivity (Wildman–Crippen MR) is 57.4 cm³/mol. The molecule has 2 N–H and O–H groups in total. The molecule has 14 heavy (non-hydrogen) atoms. The van der Waals surface area contributed by atoms with E-state index in [0.29, 0.717) is 12.1 Å². The summed E-state index contributed by atoms with van der Waals surface area (Å²) in [5, 5.41) is 13.0. The Morgan fingerprint density at radius 2 is 2.14 bits per heavy atom. The van der Waals surface area contributed by atoms with Crippen LogP contribution in [-0.4, -0.2) is 36.5 Å².